The molecule has 2 rings (SSSR count). The third kappa shape index (κ3) is 2.23. The number of rotatable bonds is 3. The summed E-state index contributed by atoms with van der Waals surface area (Å²) in [7, 11) is 0. The SMILES string of the molecule is CCC1CC1N[C@H]1CCCC[C@@H]1O. The molecular formula is C11H21NO. The molecule has 2 fully saturated rings. The van der Waals surface area contributed by atoms with Crippen molar-refractivity contribution in [1.29, 1.82) is 0 Å². The lowest BCUT2D eigenvalue weighted by Gasteiger charge is -2.28. The number of aliphatic hydroxyl groups excluding tert-OH is 1. The summed E-state index contributed by atoms with van der Waals surface area (Å²) < 4.78 is 0. The molecule has 0 amide bonds. The van der Waals surface area contributed by atoms with Crippen LogP contribution in [0, 0.1) is 5.92 Å². The maximum Gasteiger partial charge on any atom is 0.0693 e. The number of aliphatic hydroxyl groups is 1. The zero-order valence-electron chi connectivity index (χ0n) is 8.50. The lowest BCUT2D eigenvalue weighted by molar-refractivity contribution is 0.0894. The van der Waals surface area contributed by atoms with Crippen LogP contribution in [0.25, 0.3) is 0 Å². The van der Waals surface area contributed by atoms with E-state index in [4.69, 9.17) is 0 Å². The Morgan fingerprint density at radius 1 is 1.23 bits per heavy atom. The van der Waals surface area contributed by atoms with Gasteiger partial charge in [-0.25, -0.2) is 0 Å². The topological polar surface area (TPSA) is 32.3 Å². The van der Waals surface area contributed by atoms with Gasteiger partial charge in [0.2, 0.25) is 0 Å². The fraction of sp³-hybridized carbons (Fsp3) is 1.00. The molecule has 13 heavy (non-hydrogen) atoms. The highest BCUT2D eigenvalue weighted by Crippen LogP contribution is 2.34. The van der Waals surface area contributed by atoms with E-state index in [-0.39, 0.29) is 6.10 Å². The first-order chi connectivity index (χ1) is 6.31. The van der Waals surface area contributed by atoms with E-state index in [1.807, 2.05) is 0 Å². The van der Waals surface area contributed by atoms with Gasteiger partial charge in [0.15, 0.2) is 0 Å². The lowest BCUT2D eigenvalue weighted by Crippen LogP contribution is -2.43. The molecule has 0 aliphatic heterocycles. The summed E-state index contributed by atoms with van der Waals surface area (Å²) in [6.07, 6.45) is 7.22. The minimum Gasteiger partial charge on any atom is -0.392 e. The Morgan fingerprint density at radius 3 is 2.62 bits per heavy atom. The molecule has 2 unspecified atom stereocenters. The maximum atomic E-state index is 9.74. The standard InChI is InChI=1S/C11H21NO/c1-2-8-7-10(8)12-9-5-3-4-6-11(9)13/h8-13H,2-7H2,1H3/t8?,9-,10?,11-/m0/s1. The summed E-state index contributed by atoms with van der Waals surface area (Å²) in [6, 6.07) is 1.12. The van der Waals surface area contributed by atoms with E-state index in [0.717, 1.165) is 18.4 Å². The summed E-state index contributed by atoms with van der Waals surface area (Å²) >= 11 is 0. The first kappa shape index (κ1) is 9.47. The van der Waals surface area contributed by atoms with Gasteiger partial charge in [-0.1, -0.05) is 26.2 Å². The molecule has 2 saturated carbocycles. The summed E-state index contributed by atoms with van der Waals surface area (Å²) in [4.78, 5) is 0. The molecule has 2 heteroatoms. The van der Waals surface area contributed by atoms with E-state index in [0.29, 0.717) is 6.04 Å². The largest absolute Gasteiger partial charge is 0.392 e. The molecule has 2 N–H and O–H groups in total. The second kappa shape index (κ2) is 3.97. The number of nitrogens with one attached hydrogen (secondary N) is 1. The molecule has 0 spiro atoms. The van der Waals surface area contributed by atoms with Crippen molar-refractivity contribution in [3.8, 4) is 0 Å². The van der Waals surface area contributed by atoms with E-state index >= 15 is 0 Å². The third-order valence-electron chi connectivity index (χ3n) is 3.60. The van der Waals surface area contributed by atoms with Gasteiger partial charge in [-0.3, -0.25) is 0 Å². The summed E-state index contributed by atoms with van der Waals surface area (Å²) in [6.45, 7) is 2.25. The Bertz CT molecular complexity index is 171. The van der Waals surface area contributed by atoms with E-state index in [2.05, 4.69) is 12.2 Å². The number of hydrogen-bond acceptors (Lipinski definition) is 2. The van der Waals surface area contributed by atoms with Crippen molar-refractivity contribution in [3.05, 3.63) is 0 Å². The Hall–Kier alpha value is -0.0800. The average molecular weight is 183 g/mol. The minimum absolute atomic E-state index is 0.0770. The van der Waals surface area contributed by atoms with Crippen LogP contribution in [-0.4, -0.2) is 23.3 Å². The maximum absolute atomic E-state index is 9.74. The van der Waals surface area contributed by atoms with Gasteiger partial charge in [-0.15, -0.1) is 0 Å². The molecule has 0 saturated heterocycles. The quantitative estimate of drug-likeness (QED) is 0.697. The monoisotopic (exact) mass is 183 g/mol. The van der Waals surface area contributed by atoms with Crippen LogP contribution in [-0.2, 0) is 0 Å². The first-order valence-electron chi connectivity index (χ1n) is 5.75. The molecule has 0 aromatic heterocycles. The summed E-state index contributed by atoms with van der Waals surface area (Å²) in [5, 5.41) is 13.3. The minimum atomic E-state index is -0.0770. The molecular weight excluding hydrogens is 162 g/mol. The summed E-state index contributed by atoms with van der Waals surface area (Å²) in [5.41, 5.74) is 0. The van der Waals surface area contributed by atoms with Crippen LogP contribution in [0.2, 0.25) is 0 Å². The first-order valence-corrected chi connectivity index (χ1v) is 5.75. The molecule has 2 aliphatic carbocycles. The van der Waals surface area contributed by atoms with Crippen molar-refractivity contribution < 1.29 is 5.11 Å². The van der Waals surface area contributed by atoms with Gasteiger partial charge in [0.05, 0.1) is 6.10 Å². The molecule has 0 radical (unpaired) electrons. The smallest absolute Gasteiger partial charge is 0.0693 e. The average Bonchev–Trinajstić information content (AvgIpc) is 2.88. The van der Waals surface area contributed by atoms with Gasteiger partial charge in [-0.05, 0) is 25.2 Å². The predicted molar refractivity (Wildman–Crippen MR) is 53.6 cm³/mol. The summed E-state index contributed by atoms with van der Waals surface area (Å²) in [5.74, 6) is 0.897. The second-order valence-electron chi connectivity index (χ2n) is 4.64. The van der Waals surface area contributed by atoms with Gasteiger partial charge in [-0.2, -0.15) is 0 Å². The van der Waals surface area contributed by atoms with Crippen LogP contribution >= 0.6 is 0 Å². The van der Waals surface area contributed by atoms with Gasteiger partial charge in [0.1, 0.15) is 0 Å². The van der Waals surface area contributed by atoms with Gasteiger partial charge < -0.3 is 10.4 Å². The molecule has 0 bridgehead atoms. The van der Waals surface area contributed by atoms with Crippen LogP contribution in [0.1, 0.15) is 45.4 Å². The van der Waals surface area contributed by atoms with Crippen molar-refractivity contribution in [2.24, 2.45) is 5.92 Å². The molecule has 2 nitrogen and oxygen atoms in total. The molecule has 76 valence electrons. The molecule has 0 heterocycles. The van der Waals surface area contributed by atoms with Gasteiger partial charge >= 0.3 is 0 Å². The fourth-order valence-corrected chi connectivity index (χ4v) is 2.48. The van der Waals surface area contributed by atoms with Crippen molar-refractivity contribution >= 4 is 0 Å². The highest BCUT2D eigenvalue weighted by atomic mass is 16.3. The highest BCUT2D eigenvalue weighted by Gasteiger charge is 2.38. The Balaban J connectivity index is 1.74. The van der Waals surface area contributed by atoms with E-state index in [9.17, 15) is 5.11 Å². The zero-order valence-corrected chi connectivity index (χ0v) is 8.50. The van der Waals surface area contributed by atoms with Crippen LogP contribution in [0.5, 0.6) is 0 Å². The van der Waals surface area contributed by atoms with E-state index in [1.165, 1.54) is 32.1 Å². The van der Waals surface area contributed by atoms with Crippen LogP contribution in [0.15, 0.2) is 0 Å². The molecule has 2 aliphatic rings. The van der Waals surface area contributed by atoms with Crippen molar-refractivity contribution in [2.75, 3.05) is 0 Å². The van der Waals surface area contributed by atoms with Gasteiger partial charge in [0.25, 0.3) is 0 Å². The normalized spacial score (nSPS) is 44.8. The Kier molecular flexibility index (Phi) is 2.89. The van der Waals surface area contributed by atoms with Gasteiger partial charge in [0, 0.05) is 12.1 Å². The molecule has 4 atom stereocenters. The fourth-order valence-electron chi connectivity index (χ4n) is 2.48. The van der Waals surface area contributed by atoms with Crippen molar-refractivity contribution in [1.82, 2.24) is 5.32 Å². The molecule has 0 aromatic carbocycles. The van der Waals surface area contributed by atoms with E-state index in [1.54, 1.807) is 0 Å². The third-order valence-corrected chi connectivity index (χ3v) is 3.60. The van der Waals surface area contributed by atoms with Crippen molar-refractivity contribution in [2.45, 2.75) is 63.6 Å². The van der Waals surface area contributed by atoms with Crippen LogP contribution in [0.4, 0.5) is 0 Å². The zero-order chi connectivity index (χ0) is 9.26. The second-order valence-corrected chi connectivity index (χ2v) is 4.64. The lowest BCUT2D eigenvalue weighted by atomic mass is 9.92. The molecule has 0 aromatic rings. The van der Waals surface area contributed by atoms with Crippen LogP contribution in [0.3, 0.4) is 0 Å². The highest BCUT2D eigenvalue weighted by molar-refractivity contribution is 4.96. The predicted octanol–water partition coefficient (Wildman–Crippen LogP) is 1.68. The van der Waals surface area contributed by atoms with Crippen LogP contribution < -0.4 is 5.32 Å². The Labute approximate surface area is 80.7 Å². The van der Waals surface area contributed by atoms with E-state index < -0.39 is 0 Å². The Morgan fingerprint density at radius 2 is 2.00 bits per heavy atom. The number of hydrogen-bond donors (Lipinski definition) is 2. The van der Waals surface area contributed by atoms with Crippen molar-refractivity contribution in [3.63, 3.8) is 0 Å².